The summed E-state index contributed by atoms with van der Waals surface area (Å²) in [7, 11) is 1.45. The number of guanidine groups is 1. The number of rotatable bonds is 7. The molecule has 0 amide bonds. The Hall–Kier alpha value is -2.24. The van der Waals surface area contributed by atoms with Crippen LogP contribution in [0.3, 0.4) is 0 Å². The molecule has 1 N–H and O–H groups in total. The summed E-state index contributed by atoms with van der Waals surface area (Å²) >= 11 is 0. The highest BCUT2D eigenvalue weighted by atomic mass is 16.5. The molecule has 0 bridgehead atoms. The smallest absolute Gasteiger partial charge is 0.310 e. The number of carbonyl (C=O) groups excluding carboxylic acids is 1. The molecule has 1 aliphatic heterocycles. The van der Waals surface area contributed by atoms with Gasteiger partial charge in [0.25, 0.3) is 0 Å². The van der Waals surface area contributed by atoms with Crippen LogP contribution in [-0.2, 0) is 16.0 Å². The number of hydrogen-bond donors (Lipinski definition) is 1. The number of hydrogen-bond acceptors (Lipinski definition) is 4. The molecule has 1 aliphatic rings. The Morgan fingerprint density at radius 2 is 2.00 bits per heavy atom. The third kappa shape index (κ3) is 6.15. The van der Waals surface area contributed by atoms with Crippen LogP contribution in [0.5, 0.6) is 5.75 Å². The predicted octanol–water partition coefficient (Wildman–Crippen LogP) is 2.72. The molecule has 1 saturated heterocycles. The lowest BCUT2D eigenvalue weighted by atomic mass is 9.99. The van der Waals surface area contributed by atoms with Gasteiger partial charge in [-0.3, -0.25) is 9.79 Å². The molecule has 0 radical (unpaired) electrons. The Balaban J connectivity index is 1.94. The van der Waals surface area contributed by atoms with E-state index in [9.17, 15) is 4.79 Å². The molecule has 2 unspecified atom stereocenters. The van der Waals surface area contributed by atoms with E-state index in [-0.39, 0.29) is 23.9 Å². The normalized spacial score (nSPS) is 20.1. The van der Waals surface area contributed by atoms with E-state index >= 15 is 0 Å². The van der Waals surface area contributed by atoms with Gasteiger partial charge in [0, 0.05) is 26.2 Å². The molecule has 0 saturated carbocycles. The van der Waals surface area contributed by atoms with Gasteiger partial charge in [-0.25, -0.2) is 0 Å². The molecule has 6 heteroatoms. The van der Waals surface area contributed by atoms with Crippen LogP contribution >= 0.6 is 0 Å². The number of benzene rings is 1. The Morgan fingerprint density at radius 1 is 1.30 bits per heavy atom. The fraction of sp³-hybridized carbons (Fsp3) is 0.619. The van der Waals surface area contributed by atoms with Crippen LogP contribution in [-0.4, -0.2) is 56.2 Å². The topological polar surface area (TPSA) is 63.2 Å². The van der Waals surface area contributed by atoms with Crippen molar-refractivity contribution in [1.82, 2.24) is 10.2 Å². The predicted molar refractivity (Wildman–Crippen MR) is 108 cm³/mol. The molecule has 2 rings (SSSR count). The van der Waals surface area contributed by atoms with Gasteiger partial charge in [0.15, 0.2) is 5.96 Å². The first kappa shape index (κ1) is 21.1. The third-order valence-corrected chi connectivity index (χ3v) is 4.71. The summed E-state index contributed by atoms with van der Waals surface area (Å²) in [6.45, 7) is 11.2. The third-order valence-electron chi connectivity index (χ3n) is 4.71. The van der Waals surface area contributed by atoms with Crippen molar-refractivity contribution in [2.45, 2.75) is 40.2 Å². The fourth-order valence-corrected chi connectivity index (χ4v) is 3.32. The minimum atomic E-state index is -0.135. The van der Waals surface area contributed by atoms with Gasteiger partial charge < -0.3 is 19.7 Å². The van der Waals surface area contributed by atoms with Crippen molar-refractivity contribution in [1.29, 1.82) is 0 Å². The van der Waals surface area contributed by atoms with Crippen LogP contribution < -0.4 is 10.1 Å². The van der Waals surface area contributed by atoms with E-state index in [1.165, 1.54) is 12.7 Å². The lowest BCUT2D eigenvalue weighted by molar-refractivity contribution is -0.145. The Morgan fingerprint density at radius 3 is 2.59 bits per heavy atom. The number of carbonyl (C=O) groups is 1. The first-order valence-corrected chi connectivity index (χ1v) is 9.81. The summed E-state index contributed by atoms with van der Waals surface area (Å²) in [6, 6.07) is 8.19. The summed E-state index contributed by atoms with van der Waals surface area (Å²) in [5, 5.41) is 3.34. The Bertz CT molecular complexity index is 628. The second kappa shape index (κ2) is 10.2. The van der Waals surface area contributed by atoms with Crippen LogP contribution in [0, 0.1) is 11.8 Å². The van der Waals surface area contributed by atoms with Crippen molar-refractivity contribution in [3.63, 3.8) is 0 Å². The van der Waals surface area contributed by atoms with Gasteiger partial charge in [-0.1, -0.05) is 19.1 Å². The first-order valence-electron chi connectivity index (χ1n) is 9.81. The number of methoxy groups -OCH3 is 1. The monoisotopic (exact) mass is 375 g/mol. The van der Waals surface area contributed by atoms with Crippen molar-refractivity contribution in [2.75, 3.05) is 33.3 Å². The standard InChI is InChI=1S/C21H33N3O3/c1-6-22-21(24-13-16(4)19(14-24)20(25)26-5)23-12-11-17-7-9-18(10-8-17)27-15(2)3/h7-10,15-16,19H,6,11-14H2,1-5H3,(H,22,23). The molecule has 1 heterocycles. The maximum atomic E-state index is 11.9. The van der Waals surface area contributed by atoms with Gasteiger partial charge in [-0.2, -0.15) is 0 Å². The van der Waals surface area contributed by atoms with Crippen LogP contribution in [0.15, 0.2) is 29.3 Å². The van der Waals surface area contributed by atoms with Crippen molar-refractivity contribution >= 4 is 11.9 Å². The second-order valence-electron chi connectivity index (χ2n) is 7.31. The number of nitrogens with one attached hydrogen (secondary N) is 1. The zero-order chi connectivity index (χ0) is 19.8. The van der Waals surface area contributed by atoms with Crippen molar-refractivity contribution in [2.24, 2.45) is 16.8 Å². The average Bonchev–Trinajstić information content (AvgIpc) is 3.03. The summed E-state index contributed by atoms with van der Waals surface area (Å²) in [4.78, 5) is 18.9. The lowest BCUT2D eigenvalue weighted by Gasteiger charge is -2.21. The highest BCUT2D eigenvalue weighted by molar-refractivity contribution is 5.82. The molecule has 1 aromatic rings. The fourth-order valence-electron chi connectivity index (χ4n) is 3.32. The minimum Gasteiger partial charge on any atom is -0.491 e. The largest absolute Gasteiger partial charge is 0.491 e. The molecule has 0 aromatic heterocycles. The molecular weight excluding hydrogens is 342 g/mol. The van der Waals surface area contributed by atoms with Gasteiger partial charge in [-0.05, 0) is 50.8 Å². The highest BCUT2D eigenvalue weighted by Crippen LogP contribution is 2.24. The summed E-state index contributed by atoms with van der Waals surface area (Å²) in [6.07, 6.45) is 1.04. The summed E-state index contributed by atoms with van der Waals surface area (Å²) in [5.74, 6) is 1.80. The van der Waals surface area contributed by atoms with Crippen LogP contribution in [0.4, 0.5) is 0 Å². The van der Waals surface area contributed by atoms with Gasteiger partial charge in [0.05, 0.1) is 19.1 Å². The molecule has 2 atom stereocenters. The molecule has 27 heavy (non-hydrogen) atoms. The Kier molecular flexibility index (Phi) is 7.95. The number of likely N-dealkylation sites (tertiary alicyclic amines) is 1. The van der Waals surface area contributed by atoms with Crippen molar-refractivity contribution in [3.8, 4) is 5.75 Å². The van der Waals surface area contributed by atoms with Crippen molar-refractivity contribution < 1.29 is 14.3 Å². The maximum Gasteiger partial charge on any atom is 0.310 e. The number of esters is 1. The van der Waals surface area contributed by atoms with E-state index in [0.29, 0.717) is 13.1 Å². The van der Waals surface area contributed by atoms with Gasteiger partial charge in [0.2, 0.25) is 0 Å². The van der Waals surface area contributed by atoms with E-state index < -0.39 is 0 Å². The molecule has 1 fully saturated rings. The van der Waals surface area contributed by atoms with E-state index in [1.54, 1.807) is 0 Å². The number of aliphatic imine (C=N–C) groups is 1. The molecule has 0 spiro atoms. The first-order chi connectivity index (χ1) is 12.9. The summed E-state index contributed by atoms with van der Waals surface area (Å²) in [5.41, 5.74) is 1.23. The van der Waals surface area contributed by atoms with Gasteiger partial charge >= 0.3 is 5.97 Å². The van der Waals surface area contributed by atoms with E-state index in [1.807, 2.05) is 26.0 Å². The molecule has 6 nitrogen and oxygen atoms in total. The lowest BCUT2D eigenvalue weighted by Crippen LogP contribution is -2.40. The quantitative estimate of drug-likeness (QED) is 0.451. The van der Waals surface area contributed by atoms with Crippen LogP contribution in [0.25, 0.3) is 0 Å². The zero-order valence-electron chi connectivity index (χ0n) is 17.2. The zero-order valence-corrected chi connectivity index (χ0v) is 17.2. The maximum absolute atomic E-state index is 11.9. The SMILES string of the molecule is CCNC(=NCCc1ccc(OC(C)C)cc1)N1CC(C)C(C(=O)OC)C1. The minimum absolute atomic E-state index is 0.0904. The van der Waals surface area contributed by atoms with Crippen molar-refractivity contribution in [3.05, 3.63) is 29.8 Å². The molecule has 1 aromatic carbocycles. The number of nitrogens with zero attached hydrogens (tertiary/aromatic N) is 2. The Labute approximate surface area is 162 Å². The number of ether oxygens (including phenoxy) is 2. The van der Waals surface area contributed by atoms with Gasteiger partial charge in [0.1, 0.15) is 5.75 Å². The molecular formula is C21H33N3O3. The highest BCUT2D eigenvalue weighted by Gasteiger charge is 2.36. The summed E-state index contributed by atoms with van der Waals surface area (Å²) < 4.78 is 10.6. The van der Waals surface area contributed by atoms with Gasteiger partial charge in [-0.15, -0.1) is 0 Å². The van der Waals surface area contributed by atoms with Crippen LogP contribution in [0.1, 0.15) is 33.3 Å². The second-order valence-corrected chi connectivity index (χ2v) is 7.31. The average molecular weight is 376 g/mol. The van der Waals surface area contributed by atoms with Crippen LogP contribution in [0.2, 0.25) is 0 Å². The molecule has 0 aliphatic carbocycles. The van der Waals surface area contributed by atoms with E-state index in [0.717, 1.165) is 31.2 Å². The van der Waals surface area contributed by atoms with E-state index in [4.69, 9.17) is 14.5 Å². The molecule has 150 valence electrons. The van der Waals surface area contributed by atoms with E-state index in [2.05, 4.69) is 36.2 Å².